The molecule has 0 spiro atoms. The SMILES string of the molecule is CCc1c2c(nc3ccc(F)cc13)-c1cc3c(c(=O)n1C2)COC(=O)[C@@]3(CC)OC(=O)OCc1ccc(NC(=O)CNC(=O)[C@@H](Cc2ccccc2)NC(=O)CNC(=O)CNC(=O)CCCCCN2C(=O)C=CC2=O)cc1. The van der Waals surface area contributed by atoms with Crippen LogP contribution in [0.2, 0.25) is 0 Å². The van der Waals surface area contributed by atoms with Crippen LogP contribution in [0.1, 0.15) is 79.3 Å². The fourth-order valence-electron chi connectivity index (χ4n) is 9.39. The van der Waals surface area contributed by atoms with Crippen molar-refractivity contribution in [1.82, 2.24) is 35.7 Å². The van der Waals surface area contributed by atoms with Crippen LogP contribution in [0.15, 0.2) is 95.8 Å². The molecule has 0 radical (unpaired) electrons. The lowest BCUT2D eigenvalue weighted by molar-refractivity contribution is -0.175. The number of hydrogen-bond acceptors (Lipinski definition) is 14. The van der Waals surface area contributed by atoms with Crippen LogP contribution in [0, 0.1) is 5.82 Å². The normalized spacial score (nSPS) is 15.4. The summed E-state index contributed by atoms with van der Waals surface area (Å²) >= 11 is 0. The van der Waals surface area contributed by atoms with E-state index in [0.29, 0.717) is 64.8 Å². The number of benzene rings is 3. The number of esters is 1. The minimum atomic E-state index is -2.03. The quantitative estimate of drug-likeness (QED) is 0.0369. The monoisotopic (exact) mass is 1050 g/mol. The van der Waals surface area contributed by atoms with Crippen LogP contribution >= 0.6 is 0 Å². The Morgan fingerprint density at radius 3 is 2.22 bits per heavy atom. The van der Waals surface area contributed by atoms with Gasteiger partial charge in [0.05, 0.1) is 48.6 Å². The van der Waals surface area contributed by atoms with Crippen molar-refractivity contribution in [2.45, 2.75) is 90.2 Å². The maximum absolute atomic E-state index is 14.3. The summed E-state index contributed by atoms with van der Waals surface area (Å²) in [5.41, 5.74) is 2.35. The number of unbranched alkanes of at least 4 members (excludes halogenated alkanes) is 2. The van der Waals surface area contributed by atoms with Crippen molar-refractivity contribution in [3.8, 4) is 11.4 Å². The largest absolute Gasteiger partial charge is 0.510 e. The van der Waals surface area contributed by atoms with Gasteiger partial charge in [-0.2, -0.15) is 0 Å². The molecule has 3 aliphatic rings. The lowest BCUT2D eigenvalue weighted by Gasteiger charge is -2.35. The zero-order valence-electron chi connectivity index (χ0n) is 42.2. The minimum Gasteiger partial charge on any atom is -0.457 e. The van der Waals surface area contributed by atoms with E-state index in [1.807, 2.05) is 6.92 Å². The Labute approximate surface area is 439 Å². The lowest BCUT2D eigenvalue weighted by atomic mass is 9.85. The Morgan fingerprint density at radius 2 is 1.49 bits per heavy atom. The summed E-state index contributed by atoms with van der Waals surface area (Å²) in [6.07, 6.45) is 3.36. The van der Waals surface area contributed by atoms with E-state index in [1.54, 1.807) is 61.5 Å². The number of aryl methyl sites for hydroxylation is 1. The van der Waals surface area contributed by atoms with Crippen molar-refractivity contribution in [3.05, 3.63) is 141 Å². The second-order valence-corrected chi connectivity index (χ2v) is 18.4. The number of nitrogens with one attached hydrogen (secondary N) is 5. The highest BCUT2D eigenvalue weighted by Gasteiger charge is 2.51. The Balaban J connectivity index is 0.799. The van der Waals surface area contributed by atoms with Crippen molar-refractivity contribution in [2.75, 3.05) is 31.5 Å². The van der Waals surface area contributed by atoms with E-state index in [1.165, 1.54) is 41.0 Å². The first-order valence-corrected chi connectivity index (χ1v) is 25.1. The highest BCUT2D eigenvalue weighted by Crippen LogP contribution is 2.42. The van der Waals surface area contributed by atoms with E-state index >= 15 is 0 Å². The fourth-order valence-corrected chi connectivity index (χ4v) is 9.39. The molecule has 3 aromatic carbocycles. The molecule has 0 saturated heterocycles. The summed E-state index contributed by atoms with van der Waals surface area (Å²) in [5, 5.41) is 13.3. The van der Waals surface area contributed by atoms with E-state index in [4.69, 9.17) is 19.2 Å². The number of rotatable bonds is 22. The first-order chi connectivity index (χ1) is 37.1. The van der Waals surface area contributed by atoms with Gasteiger partial charge in [-0.05, 0) is 78.8 Å². The zero-order chi connectivity index (χ0) is 54.8. The third-order valence-corrected chi connectivity index (χ3v) is 13.4. The molecule has 0 aliphatic carbocycles. The molecule has 2 atom stereocenters. The smallest absolute Gasteiger partial charge is 0.457 e. The molecule has 77 heavy (non-hydrogen) atoms. The molecule has 5 heterocycles. The number of pyridine rings is 2. The maximum Gasteiger partial charge on any atom is 0.510 e. The van der Waals surface area contributed by atoms with Crippen molar-refractivity contribution >= 4 is 70.1 Å². The predicted molar refractivity (Wildman–Crippen MR) is 273 cm³/mol. The van der Waals surface area contributed by atoms with Gasteiger partial charge in [0.2, 0.25) is 35.1 Å². The molecule has 5 N–H and O–H groups in total. The van der Waals surface area contributed by atoms with E-state index in [-0.39, 0.29) is 68.5 Å². The highest BCUT2D eigenvalue weighted by atomic mass is 19.1. The number of aromatic nitrogens is 2. The van der Waals surface area contributed by atoms with Gasteiger partial charge in [0.1, 0.15) is 25.1 Å². The summed E-state index contributed by atoms with van der Waals surface area (Å²) in [6.45, 7) is 1.91. The Bertz CT molecular complexity index is 3250. The standard InChI is InChI=1S/C55H55FN8O13/c1-3-36-37-24-34(56)16-19-41(37)62-50-38(36)29-64-43(50)25-40-39(52(64)72)31-75-53(73)55(40,4-2)77-54(74)76-30-33-14-17-35(18-15-33)60-46(67)28-59-51(71)42(23-32-11-7-5-8-12-32)61-47(68)27-58-45(66)26-57-44(65)13-9-6-10-22-63-48(69)20-21-49(63)70/h5,7-8,11-12,14-21,24-25,42H,3-4,6,9-10,13,22-23,26-31H2,1-2H3,(H,57,65)(H,58,66)(H,59,71)(H,60,67)(H,61,68)/t42-,55+/m1/s1. The van der Waals surface area contributed by atoms with E-state index in [9.17, 15) is 52.3 Å². The third kappa shape index (κ3) is 12.5. The summed E-state index contributed by atoms with van der Waals surface area (Å²) in [6, 6.07) is 19.8. The number of amides is 7. The molecule has 2 aromatic heterocycles. The van der Waals surface area contributed by atoms with Crippen LogP contribution in [0.25, 0.3) is 22.3 Å². The van der Waals surface area contributed by atoms with Crippen LogP contribution in [0.3, 0.4) is 0 Å². The topological polar surface area (TPSA) is 280 Å². The molecular weight excluding hydrogens is 1000 g/mol. The molecule has 0 saturated carbocycles. The Kier molecular flexibility index (Phi) is 16.9. The second-order valence-electron chi connectivity index (χ2n) is 18.4. The average Bonchev–Trinajstić information content (AvgIpc) is 4.14. The molecule has 22 heteroatoms. The van der Waals surface area contributed by atoms with E-state index < -0.39 is 84.3 Å². The van der Waals surface area contributed by atoms with Crippen LogP contribution in [0.5, 0.6) is 0 Å². The predicted octanol–water partition coefficient (Wildman–Crippen LogP) is 3.64. The molecule has 0 fully saturated rings. The number of carbonyl (C=O) groups excluding carboxylic acids is 9. The summed E-state index contributed by atoms with van der Waals surface area (Å²) in [5.74, 6) is -5.08. The van der Waals surface area contributed by atoms with E-state index in [2.05, 4.69) is 26.6 Å². The van der Waals surface area contributed by atoms with Gasteiger partial charge in [-0.3, -0.25) is 43.3 Å². The van der Waals surface area contributed by atoms with Gasteiger partial charge in [0.15, 0.2) is 0 Å². The summed E-state index contributed by atoms with van der Waals surface area (Å²) < 4.78 is 32.5. The summed E-state index contributed by atoms with van der Waals surface area (Å²) in [7, 11) is 0. The molecule has 0 bridgehead atoms. The number of nitrogens with zero attached hydrogens (tertiary/aromatic N) is 3. The van der Waals surface area contributed by atoms with Crippen molar-refractivity contribution in [3.63, 3.8) is 0 Å². The van der Waals surface area contributed by atoms with Crippen molar-refractivity contribution in [1.29, 1.82) is 0 Å². The van der Waals surface area contributed by atoms with E-state index in [0.717, 1.165) is 16.0 Å². The van der Waals surface area contributed by atoms with Gasteiger partial charge in [-0.15, -0.1) is 0 Å². The number of anilines is 1. The third-order valence-electron chi connectivity index (χ3n) is 13.4. The van der Waals surface area contributed by atoms with Crippen molar-refractivity contribution in [2.24, 2.45) is 0 Å². The van der Waals surface area contributed by atoms with Crippen LogP contribution in [-0.2, 0) is 90.8 Å². The molecule has 0 unspecified atom stereocenters. The van der Waals surface area contributed by atoms with Gasteiger partial charge in [-0.25, -0.2) is 19.0 Å². The molecule has 7 amide bonds. The molecule has 3 aliphatic heterocycles. The molecule has 21 nitrogen and oxygen atoms in total. The van der Waals surface area contributed by atoms with Gasteiger partial charge >= 0.3 is 12.1 Å². The van der Waals surface area contributed by atoms with Crippen LogP contribution in [0.4, 0.5) is 14.9 Å². The molecule has 400 valence electrons. The number of hydrogen-bond donors (Lipinski definition) is 5. The molecule has 5 aromatic rings. The highest BCUT2D eigenvalue weighted by molar-refractivity contribution is 6.12. The number of halogens is 1. The molecular formula is C55H55FN8O13. The maximum atomic E-state index is 14.3. The van der Waals surface area contributed by atoms with Gasteiger partial charge in [0.25, 0.3) is 17.4 Å². The van der Waals surface area contributed by atoms with Gasteiger partial charge < -0.3 is 45.4 Å². The number of ether oxygens (including phenoxy) is 3. The average molecular weight is 1060 g/mol. The summed E-state index contributed by atoms with van der Waals surface area (Å²) in [4.78, 5) is 134. The minimum absolute atomic E-state index is 0.0523. The lowest BCUT2D eigenvalue weighted by Crippen LogP contribution is -2.52. The van der Waals surface area contributed by atoms with Crippen molar-refractivity contribution < 1.29 is 61.8 Å². The van der Waals surface area contributed by atoms with Crippen LogP contribution in [-0.4, -0.2) is 100 Å². The Morgan fingerprint density at radius 1 is 0.779 bits per heavy atom. The number of fused-ring (bicyclic) bond motifs is 5. The van der Waals surface area contributed by atoms with Crippen LogP contribution < -0.4 is 32.1 Å². The number of cyclic esters (lactones) is 1. The first-order valence-electron chi connectivity index (χ1n) is 25.1. The van der Waals surface area contributed by atoms with Gasteiger partial charge in [-0.1, -0.05) is 62.7 Å². The molecule has 8 rings (SSSR count). The fraction of sp³-hybridized carbons (Fsp3) is 0.327. The second kappa shape index (κ2) is 24.1. The zero-order valence-corrected chi connectivity index (χ0v) is 42.2. The van der Waals surface area contributed by atoms with Gasteiger partial charge in [0, 0.05) is 53.7 Å². The first kappa shape index (κ1) is 54.2. The Hall–Kier alpha value is -9.08. The number of carbonyl (C=O) groups is 9. The number of imide groups is 1.